The van der Waals surface area contributed by atoms with Crippen LogP contribution in [0.3, 0.4) is 0 Å². The molecule has 0 saturated heterocycles. The molecule has 0 aliphatic heterocycles. The number of hydrogen-bond donors (Lipinski definition) is 1. The Morgan fingerprint density at radius 3 is 1.81 bits per heavy atom. The Labute approximate surface area is 157 Å². The molecule has 128 valence electrons. The zero-order chi connectivity index (χ0) is 18.2. The van der Waals surface area contributed by atoms with Gasteiger partial charge < -0.3 is 4.98 Å². The summed E-state index contributed by atoms with van der Waals surface area (Å²) in [4.78, 5) is 16.2. The van der Waals surface area contributed by atoms with Gasteiger partial charge in [0.15, 0.2) is 0 Å². The maximum atomic E-state index is 13.1. The van der Waals surface area contributed by atoms with Crippen LogP contribution in [0.5, 0.6) is 0 Å². The summed E-state index contributed by atoms with van der Waals surface area (Å²) in [7, 11) is 0. The zero-order valence-electron chi connectivity index (χ0n) is 14.6. The molecular weight excluding hydrogens is 330 g/mol. The van der Waals surface area contributed by atoms with Gasteiger partial charge in [0.25, 0.3) is 5.56 Å². The number of aromatic nitrogens is 1. The minimum Gasteiger partial charge on any atom is -0.321 e. The molecule has 0 amide bonds. The minimum absolute atomic E-state index is 0.0512. The lowest BCUT2D eigenvalue weighted by atomic mass is 9.96. The maximum absolute atomic E-state index is 13.1. The predicted octanol–water partition coefficient (Wildman–Crippen LogP) is 5.97. The number of fused-ring (bicyclic) bond motifs is 3. The Bertz CT molecular complexity index is 1270. The van der Waals surface area contributed by atoms with E-state index in [9.17, 15) is 4.79 Å². The second-order valence-electron chi connectivity index (χ2n) is 6.65. The highest BCUT2D eigenvalue weighted by Crippen LogP contribution is 2.40. The quantitative estimate of drug-likeness (QED) is 0.419. The summed E-state index contributed by atoms with van der Waals surface area (Å²) in [5.74, 6) is 0. The van der Waals surface area contributed by atoms with Crippen LogP contribution < -0.4 is 5.56 Å². The first-order valence-corrected chi connectivity index (χ1v) is 9.01. The van der Waals surface area contributed by atoms with Crippen molar-refractivity contribution < 1.29 is 0 Å². The topological polar surface area (TPSA) is 32.9 Å². The third-order valence-corrected chi connectivity index (χ3v) is 5.02. The summed E-state index contributed by atoms with van der Waals surface area (Å²) in [6, 6.07) is 32.5. The van der Waals surface area contributed by atoms with Crippen molar-refractivity contribution in [2.75, 3.05) is 0 Å². The van der Waals surface area contributed by atoms with Crippen molar-refractivity contribution >= 4 is 10.8 Å². The van der Waals surface area contributed by atoms with E-state index >= 15 is 0 Å². The van der Waals surface area contributed by atoms with E-state index in [1.807, 2.05) is 72.8 Å². The van der Waals surface area contributed by atoms with Crippen LogP contribution in [0.1, 0.15) is 0 Å². The summed E-state index contributed by atoms with van der Waals surface area (Å²) in [6.45, 7) is 0. The van der Waals surface area contributed by atoms with E-state index in [1.165, 1.54) is 0 Å². The number of hydrogen-bond acceptors (Lipinski definition) is 1. The number of rotatable bonds is 2. The summed E-state index contributed by atoms with van der Waals surface area (Å²) < 4.78 is 0. The van der Waals surface area contributed by atoms with Crippen LogP contribution in [-0.4, -0.2) is 4.98 Å². The van der Waals surface area contributed by atoms with Crippen molar-refractivity contribution in [3.8, 4) is 33.5 Å². The van der Waals surface area contributed by atoms with E-state index in [0.717, 1.165) is 44.3 Å². The summed E-state index contributed by atoms with van der Waals surface area (Å²) in [6.07, 6.45) is 0. The van der Waals surface area contributed by atoms with Gasteiger partial charge in [-0.3, -0.25) is 4.79 Å². The first-order chi connectivity index (χ1) is 13.3. The number of benzene rings is 2. The van der Waals surface area contributed by atoms with Gasteiger partial charge in [0.2, 0.25) is 0 Å². The fourth-order valence-electron chi connectivity index (χ4n) is 3.83. The third-order valence-electron chi connectivity index (χ3n) is 5.02. The molecule has 0 spiro atoms. The van der Waals surface area contributed by atoms with Gasteiger partial charge in [-0.25, -0.2) is 0 Å². The smallest absolute Gasteiger partial charge is 0.256 e. The molecule has 5 rings (SSSR count). The van der Waals surface area contributed by atoms with E-state index in [4.69, 9.17) is 0 Å². The van der Waals surface area contributed by atoms with Crippen LogP contribution in [0, 0.1) is 0 Å². The van der Waals surface area contributed by atoms with Gasteiger partial charge in [0.05, 0.1) is 11.1 Å². The summed E-state index contributed by atoms with van der Waals surface area (Å²) in [5, 5.41) is 1.74. The Balaban J connectivity index is 1.98. The SMILES string of the molecule is O=c1[nH]c(-c2ccccc2)c(-c2ccccc2)c2cc3cccccc-3c12. The first kappa shape index (κ1) is 15.6. The monoisotopic (exact) mass is 347 g/mol. The minimum atomic E-state index is -0.0512. The van der Waals surface area contributed by atoms with Gasteiger partial charge in [-0.05, 0) is 33.7 Å². The second-order valence-corrected chi connectivity index (χ2v) is 6.65. The van der Waals surface area contributed by atoms with Crippen molar-refractivity contribution in [1.82, 2.24) is 4.98 Å². The number of aromatic amines is 1. The highest BCUT2D eigenvalue weighted by Gasteiger charge is 2.20. The fourth-order valence-corrected chi connectivity index (χ4v) is 3.83. The van der Waals surface area contributed by atoms with Gasteiger partial charge in [0, 0.05) is 5.56 Å². The molecule has 27 heavy (non-hydrogen) atoms. The van der Waals surface area contributed by atoms with E-state index < -0.39 is 0 Å². The number of nitrogens with one attached hydrogen (secondary N) is 1. The molecule has 2 nitrogen and oxygen atoms in total. The average molecular weight is 347 g/mol. The van der Waals surface area contributed by atoms with Gasteiger partial charge in [-0.15, -0.1) is 0 Å². The van der Waals surface area contributed by atoms with Crippen molar-refractivity contribution in [2.24, 2.45) is 0 Å². The Kier molecular flexibility index (Phi) is 3.61. The summed E-state index contributed by atoms with van der Waals surface area (Å²) >= 11 is 0. The lowest BCUT2D eigenvalue weighted by molar-refractivity contribution is 1.28. The highest BCUT2D eigenvalue weighted by atomic mass is 16.1. The molecule has 3 aromatic rings. The van der Waals surface area contributed by atoms with Crippen LogP contribution in [0.4, 0.5) is 0 Å². The van der Waals surface area contributed by atoms with Crippen LogP contribution in [0.2, 0.25) is 0 Å². The van der Waals surface area contributed by atoms with Gasteiger partial charge >= 0.3 is 0 Å². The molecule has 2 aliphatic carbocycles. The molecule has 0 saturated carbocycles. The Morgan fingerprint density at radius 1 is 0.593 bits per heavy atom. The van der Waals surface area contributed by atoms with E-state index in [0.29, 0.717) is 0 Å². The second kappa shape index (κ2) is 6.26. The number of pyridine rings is 1. The Hall–Kier alpha value is -3.65. The molecule has 2 heteroatoms. The lowest BCUT2D eigenvalue weighted by Crippen LogP contribution is -2.08. The van der Waals surface area contributed by atoms with Crippen molar-refractivity contribution in [1.29, 1.82) is 0 Å². The standard InChI is InChI=1S/C25H17NO/c27-25-23-20-15-9-3-8-14-19(20)16-21(23)22(17-10-4-1-5-11-17)24(26-25)18-12-6-2-7-13-18/h1-16H,(H,26,27). The predicted molar refractivity (Wildman–Crippen MR) is 112 cm³/mol. The van der Waals surface area contributed by atoms with Crippen molar-refractivity contribution in [3.05, 3.63) is 107 Å². The van der Waals surface area contributed by atoms with Crippen molar-refractivity contribution in [3.63, 3.8) is 0 Å². The molecule has 1 heterocycles. The van der Waals surface area contributed by atoms with Gasteiger partial charge in [-0.1, -0.05) is 91.0 Å². The average Bonchev–Trinajstić information content (AvgIpc) is 2.92. The fraction of sp³-hybridized carbons (Fsp3) is 0. The number of H-pyrrole nitrogens is 1. The van der Waals surface area contributed by atoms with E-state index in [-0.39, 0.29) is 5.56 Å². The third kappa shape index (κ3) is 2.54. The van der Waals surface area contributed by atoms with Crippen LogP contribution in [0.25, 0.3) is 44.3 Å². The highest BCUT2D eigenvalue weighted by molar-refractivity contribution is 6.11. The van der Waals surface area contributed by atoms with E-state index in [2.05, 4.69) is 29.2 Å². The van der Waals surface area contributed by atoms with Crippen LogP contribution >= 0.6 is 0 Å². The van der Waals surface area contributed by atoms with Gasteiger partial charge in [0.1, 0.15) is 0 Å². The van der Waals surface area contributed by atoms with Gasteiger partial charge in [-0.2, -0.15) is 0 Å². The molecule has 1 N–H and O–H groups in total. The maximum Gasteiger partial charge on any atom is 0.256 e. The molecule has 0 atom stereocenters. The van der Waals surface area contributed by atoms with Crippen molar-refractivity contribution in [2.45, 2.75) is 0 Å². The Morgan fingerprint density at radius 2 is 1.15 bits per heavy atom. The van der Waals surface area contributed by atoms with Crippen LogP contribution in [-0.2, 0) is 0 Å². The molecular formula is C25H17NO. The lowest BCUT2D eigenvalue weighted by Gasteiger charge is -2.12. The molecule has 0 bridgehead atoms. The van der Waals surface area contributed by atoms with Crippen LogP contribution in [0.15, 0.2) is 102 Å². The molecule has 0 unspecified atom stereocenters. The molecule has 1 aromatic heterocycles. The largest absolute Gasteiger partial charge is 0.321 e. The normalized spacial score (nSPS) is 11.1. The first-order valence-electron chi connectivity index (χ1n) is 9.01. The molecule has 2 aromatic carbocycles. The summed E-state index contributed by atoms with van der Waals surface area (Å²) in [5.41, 5.74) is 6.03. The zero-order valence-corrected chi connectivity index (χ0v) is 14.6. The van der Waals surface area contributed by atoms with E-state index in [1.54, 1.807) is 0 Å². The molecule has 2 aliphatic rings. The molecule has 0 fully saturated rings. The molecule has 0 radical (unpaired) electrons.